The lowest BCUT2D eigenvalue weighted by Gasteiger charge is -2.29. The maximum atomic E-state index is 8.94. The van der Waals surface area contributed by atoms with E-state index < -0.39 is 0 Å². The van der Waals surface area contributed by atoms with Crippen LogP contribution in [0.1, 0.15) is 103 Å². The normalized spacial score (nSPS) is 30.8. The summed E-state index contributed by atoms with van der Waals surface area (Å²) in [5.41, 5.74) is 0. The maximum Gasteiger partial charge on any atom is 0.0655 e. The molecule has 0 heterocycles. The first-order valence-electron chi connectivity index (χ1n) is 10.8. The van der Waals surface area contributed by atoms with Crippen LogP contribution in [0, 0.1) is 29.1 Å². The molecule has 24 heavy (non-hydrogen) atoms. The van der Waals surface area contributed by atoms with Crippen LogP contribution >= 0.6 is 0 Å². The number of hydrogen-bond acceptors (Lipinski definition) is 2. The highest BCUT2D eigenvalue weighted by molar-refractivity contribution is 4.87. The Hall–Kier alpha value is -0.550. The van der Waals surface area contributed by atoms with Gasteiger partial charge in [0.1, 0.15) is 0 Å². The van der Waals surface area contributed by atoms with Gasteiger partial charge in [0.25, 0.3) is 0 Å². The first-order chi connectivity index (χ1) is 11.8. The minimum absolute atomic E-state index is 0.294. The Bertz CT molecular complexity index is 345. The second-order valence-corrected chi connectivity index (χ2v) is 8.35. The van der Waals surface area contributed by atoms with Gasteiger partial charge >= 0.3 is 0 Å². The van der Waals surface area contributed by atoms with Crippen LogP contribution in [-0.2, 0) is 4.74 Å². The van der Waals surface area contributed by atoms with Gasteiger partial charge in [-0.25, -0.2) is 0 Å². The molecule has 2 saturated carbocycles. The van der Waals surface area contributed by atoms with Gasteiger partial charge in [-0.05, 0) is 50.4 Å². The lowest BCUT2D eigenvalue weighted by atomic mass is 9.78. The van der Waals surface area contributed by atoms with Gasteiger partial charge in [0, 0.05) is 12.5 Å². The average Bonchev–Trinajstić information content (AvgIpc) is 2.64. The predicted molar refractivity (Wildman–Crippen MR) is 101 cm³/mol. The SMILES string of the molecule is CCCCCCC1CCC(CCCOC2CCC(C#N)CC2)CC1. The van der Waals surface area contributed by atoms with E-state index in [0.717, 1.165) is 44.1 Å². The molecule has 0 aromatic rings. The molecule has 2 aliphatic carbocycles. The summed E-state index contributed by atoms with van der Waals surface area (Å²) in [5.74, 6) is 2.29. The summed E-state index contributed by atoms with van der Waals surface area (Å²) in [4.78, 5) is 0. The van der Waals surface area contributed by atoms with Crippen LogP contribution in [0.15, 0.2) is 0 Å². The van der Waals surface area contributed by atoms with E-state index in [1.807, 2.05) is 0 Å². The smallest absolute Gasteiger partial charge is 0.0655 e. The molecular formula is C22H39NO. The van der Waals surface area contributed by atoms with Gasteiger partial charge in [-0.15, -0.1) is 0 Å². The van der Waals surface area contributed by atoms with Gasteiger partial charge in [-0.3, -0.25) is 0 Å². The van der Waals surface area contributed by atoms with Crippen LogP contribution in [0.25, 0.3) is 0 Å². The highest BCUT2D eigenvalue weighted by atomic mass is 16.5. The summed E-state index contributed by atoms with van der Waals surface area (Å²) >= 11 is 0. The molecule has 0 aliphatic heterocycles. The Kier molecular flexibility index (Phi) is 9.81. The van der Waals surface area contributed by atoms with E-state index in [9.17, 15) is 0 Å². The molecule has 2 heteroatoms. The topological polar surface area (TPSA) is 33.0 Å². The van der Waals surface area contributed by atoms with Crippen LogP contribution in [0.4, 0.5) is 0 Å². The quantitative estimate of drug-likeness (QED) is 0.420. The highest BCUT2D eigenvalue weighted by Crippen LogP contribution is 2.34. The van der Waals surface area contributed by atoms with Crippen molar-refractivity contribution in [2.24, 2.45) is 17.8 Å². The zero-order valence-electron chi connectivity index (χ0n) is 16.0. The Morgan fingerprint density at radius 1 is 0.792 bits per heavy atom. The Balaban J connectivity index is 1.44. The van der Waals surface area contributed by atoms with Crippen molar-refractivity contribution in [3.05, 3.63) is 0 Å². The summed E-state index contributed by atoms with van der Waals surface area (Å²) in [5, 5.41) is 8.94. The largest absolute Gasteiger partial charge is 0.378 e. The third kappa shape index (κ3) is 7.56. The van der Waals surface area contributed by atoms with Gasteiger partial charge in [-0.1, -0.05) is 64.7 Å². The number of unbranched alkanes of at least 4 members (excludes halogenated alkanes) is 3. The summed E-state index contributed by atoms with van der Waals surface area (Å²) in [6, 6.07) is 2.40. The second kappa shape index (κ2) is 11.9. The molecule has 0 aromatic heterocycles. The summed E-state index contributed by atoms with van der Waals surface area (Å²) in [7, 11) is 0. The van der Waals surface area contributed by atoms with E-state index in [1.54, 1.807) is 0 Å². The Labute approximate surface area is 150 Å². The lowest BCUT2D eigenvalue weighted by Crippen LogP contribution is -2.22. The van der Waals surface area contributed by atoms with Crippen molar-refractivity contribution in [2.45, 2.75) is 109 Å². The first kappa shape index (κ1) is 19.8. The highest BCUT2D eigenvalue weighted by Gasteiger charge is 2.22. The summed E-state index contributed by atoms with van der Waals surface area (Å²) in [6.45, 7) is 3.24. The molecule has 2 fully saturated rings. The van der Waals surface area contributed by atoms with Crippen molar-refractivity contribution in [1.29, 1.82) is 5.26 Å². The fourth-order valence-corrected chi connectivity index (χ4v) is 4.65. The molecule has 0 radical (unpaired) electrons. The van der Waals surface area contributed by atoms with E-state index in [-0.39, 0.29) is 0 Å². The van der Waals surface area contributed by atoms with E-state index in [0.29, 0.717) is 12.0 Å². The van der Waals surface area contributed by atoms with E-state index in [2.05, 4.69) is 13.0 Å². The van der Waals surface area contributed by atoms with Crippen LogP contribution in [0.5, 0.6) is 0 Å². The fourth-order valence-electron chi connectivity index (χ4n) is 4.65. The standard InChI is InChI=1S/C22H39NO/c1-2-3-4-5-7-19-9-11-20(12-10-19)8-6-17-24-22-15-13-21(18-23)14-16-22/h19-22H,2-17H2,1H3. The molecule has 0 unspecified atom stereocenters. The minimum atomic E-state index is 0.294. The molecule has 138 valence electrons. The van der Waals surface area contributed by atoms with Gasteiger partial charge in [0.2, 0.25) is 0 Å². The molecule has 0 spiro atoms. The molecule has 0 amide bonds. The summed E-state index contributed by atoms with van der Waals surface area (Å²) < 4.78 is 6.05. The Morgan fingerprint density at radius 3 is 2.00 bits per heavy atom. The van der Waals surface area contributed by atoms with Crippen molar-refractivity contribution < 1.29 is 4.74 Å². The number of rotatable bonds is 10. The molecule has 0 saturated heterocycles. The molecular weight excluding hydrogens is 294 g/mol. The lowest BCUT2D eigenvalue weighted by molar-refractivity contribution is 0.0187. The monoisotopic (exact) mass is 333 g/mol. The molecule has 2 nitrogen and oxygen atoms in total. The van der Waals surface area contributed by atoms with Crippen molar-refractivity contribution in [3.63, 3.8) is 0 Å². The van der Waals surface area contributed by atoms with Crippen molar-refractivity contribution >= 4 is 0 Å². The second-order valence-electron chi connectivity index (χ2n) is 8.35. The molecule has 0 atom stereocenters. The number of hydrogen-bond donors (Lipinski definition) is 0. The Morgan fingerprint density at radius 2 is 1.42 bits per heavy atom. The average molecular weight is 334 g/mol. The number of nitrogens with zero attached hydrogens (tertiary/aromatic N) is 1. The molecule has 2 rings (SSSR count). The van der Waals surface area contributed by atoms with E-state index in [1.165, 1.54) is 70.6 Å². The van der Waals surface area contributed by atoms with Crippen molar-refractivity contribution in [1.82, 2.24) is 0 Å². The van der Waals surface area contributed by atoms with Crippen LogP contribution < -0.4 is 0 Å². The van der Waals surface area contributed by atoms with E-state index >= 15 is 0 Å². The third-order valence-electron chi connectivity index (χ3n) is 6.40. The molecule has 0 aromatic carbocycles. The van der Waals surface area contributed by atoms with Crippen LogP contribution in [0.2, 0.25) is 0 Å². The molecule has 0 N–H and O–H groups in total. The summed E-state index contributed by atoms with van der Waals surface area (Å²) in [6.07, 6.45) is 20.4. The van der Waals surface area contributed by atoms with Gasteiger partial charge in [0.05, 0.1) is 12.2 Å². The van der Waals surface area contributed by atoms with Crippen molar-refractivity contribution in [3.8, 4) is 6.07 Å². The minimum Gasteiger partial charge on any atom is -0.378 e. The van der Waals surface area contributed by atoms with Gasteiger partial charge in [-0.2, -0.15) is 5.26 Å². The van der Waals surface area contributed by atoms with Gasteiger partial charge < -0.3 is 4.74 Å². The number of ether oxygens (including phenoxy) is 1. The zero-order chi connectivity index (χ0) is 17.0. The third-order valence-corrected chi connectivity index (χ3v) is 6.40. The fraction of sp³-hybridized carbons (Fsp3) is 0.955. The van der Waals surface area contributed by atoms with E-state index in [4.69, 9.17) is 10.00 Å². The first-order valence-corrected chi connectivity index (χ1v) is 10.8. The predicted octanol–water partition coefficient (Wildman–Crippen LogP) is 6.64. The molecule has 0 bridgehead atoms. The van der Waals surface area contributed by atoms with Crippen molar-refractivity contribution in [2.75, 3.05) is 6.61 Å². The van der Waals surface area contributed by atoms with Crippen LogP contribution in [0.3, 0.4) is 0 Å². The number of nitriles is 1. The maximum absolute atomic E-state index is 8.94. The zero-order valence-corrected chi connectivity index (χ0v) is 16.0. The van der Waals surface area contributed by atoms with Crippen LogP contribution in [-0.4, -0.2) is 12.7 Å². The molecule has 2 aliphatic rings. The van der Waals surface area contributed by atoms with Gasteiger partial charge in [0.15, 0.2) is 0 Å².